The molecule has 9 aromatic carbocycles. The number of aryl methyl sites for hydroxylation is 1. The molecule has 0 N–H and O–H groups in total. The zero-order valence-electron chi connectivity index (χ0n) is 32.5. The topological polar surface area (TPSA) is 3.24 Å². The fourth-order valence-electron chi connectivity index (χ4n) is 10.2. The summed E-state index contributed by atoms with van der Waals surface area (Å²) in [6.07, 6.45) is 4.68. The maximum Gasteiger partial charge on any atom is 0.0714 e. The number of rotatable bonds is 7. The molecule has 2 aliphatic carbocycles. The first-order valence-corrected chi connectivity index (χ1v) is 20.7. The molecule has 58 heavy (non-hydrogen) atoms. The lowest BCUT2D eigenvalue weighted by Crippen LogP contribution is -2.28. The van der Waals surface area contributed by atoms with Gasteiger partial charge in [-0.05, 0) is 123 Å². The quantitative estimate of drug-likeness (QED) is 0.157. The van der Waals surface area contributed by atoms with Crippen molar-refractivity contribution in [3.8, 4) is 33.4 Å². The molecule has 0 heterocycles. The lowest BCUT2D eigenvalue weighted by Gasteiger charge is -2.36. The van der Waals surface area contributed by atoms with Crippen LogP contribution in [0.25, 0.3) is 44.2 Å². The number of benzene rings is 9. The highest BCUT2D eigenvalue weighted by atomic mass is 15.1. The smallest absolute Gasteiger partial charge is 0.0714 e. The Bertz CT molecular complexity index is 2880. The van der Waals surface area contributed by atoms with Crippen LogP contribution in [0.1, 0.15) is 46.2 Å². The lowest BCUT2D eigenvalue weighted by molar-refractivity contribution is 0.687. The third kappa shape index (κ3) is 5.45. The fourth-order valence-corrected chi connectivity index (χ4v) is 10.2. The predicted molar refractivity (Wildman–Crippen MR) is 243 cm³/mol. The largest absolute Gasteiger partial charge is 0.309 e. The van der Waals surface area contributed by atoms with Crippen molar-refractivity contribution in [3.05, 3.63) is 246 Å². The summed E-state index contributed by atoms with van der Waals surface area (Å²) >= 11 is 0. The summed E-state index contributed by atoms with van der Waals surface area (Å²) in [5.41, 5.74) is 18.7. The van der Waals surface area contributed by atoms with E-state index >= 15 is 0 Å². The third-order valence-electron chi connectivity index (χ3n) is 12.7. The molecule has 0 aromatic heterocycles. The van der Waals surface area contributed by atoms with Gasteiger partial charge in [0.25, 0.3) is 0 Å². The Morgan fingerprint density at radius 1 is 0.379 bits per heavy atom. The standard InChI is InChI=1S/C57H43N/c1-4-18-40(19-5-1)41-34-36-46(37-35-41)58(55-33-17-23-43-21-11-13-29-48(43)55)56-39-54-51(38-52(56)49-31-16-22-42-20-10-12-28-47(42)49)50-30-14-15-32-53(50)57(54,44-24-6-2-7-25-44)45-26-8-3-9-27-45/h1-9,11,13-19,21-27,29-39H,10,12,20,28H2. The Morgan fingerprint density at radius 3 is 1.76 bits per heavy atom. The molecule has 276 valence electrons. The van der Waals surface area contributed by atoms with E-state index < -0.39 is 5.41 Å². The van der Waals surface area contributed by atoms with Crippen LogP contribution in [-0.4, -0.2) is 0 Å². The minimum Gasteiger partial charge on any atom is -0.309 e. The van der Waals surface area contributed by atoms with Crippen LogP contribution in [0, 0.1) is 0 Å². The number of nitrogens with zero attached hydrogens (tertiary/aromatic N) is 1. The van der Waals surface area contributed by atoms with Crippen molar-refractivity contribution in [2.75, 3.05) is 4.90 Å². The number of hydrogen-bond acceptors (Lipinski definition) is 1. The number of hydrogen-bond donors (Lipinski definition) is 0. The molecule has 1 heteroatoms. The minimum absolute atomic E-state index is 0.528. The number of fused-ring (bicyclic) bond motifs is 5. The highest BCUT2D eigenvalue weighted by Crippen LogP contribution is 2.59. The van der Waals surface area contributed by atoms with Crippen molar-refractivity contribution >= 4 is 27.8 Å². The van der Waals surface area contributed by atoms with Crippen molar-refractivity contribution in [1.82, 2.24) is 0 Å². The molecule has 0 saturated carbocycles. The van der Waals surface area contributed by atoms with Crippen LogP contribution in [-0.2, 0) is 18.3 Å². The van der Waals surface area contributed by atoms with Crippen molar-refractivity contribution in [3.63, 3.8) is 0 Å². The molecule has 0 atom stereocenters. The van der Waals surface area contributed by atoms with Gasteiger partial charge in [0, 0.05) is 16.6 Å². The van der Waals surface area contributed by atoms with E-state index in [2.05, 4.69) is 217 Å². The van der Waals surface area contributed by atoms with Crippen LogP contribution >= 0.6 is 0 Å². The van der Waals surface area contributed by atoms with Gasteiger partial charge in [0.1, 0.15) is 0 Å². The summed E-state index contributed by atoms with van der Waals surface area (Å²) in [5, 5.41) is 2.44. The van der Waals surface area contributed by atoms with Crippen LogP contribution in [0.4, 0.5) is 17.1 Å². The Kier molecular flexibility index (Phi) is 8.40. The average molecular weight is 742 g/mol. The normalized spacial score (nSPS) is 13.7. The highest BCUT2D eigenvalue weighted by Gasteiger charge is 2.47. The van der Waals surface area contributed by atoms with E-state index in [1.54, 1.807) is 0 Å². The van der Waals surface area contributed by atoms with E-state index in [9.17, 15) is 0 Å². The van der Waals surface area contributed by atoms with Crippen molar-refractivity contribution in [1.29, 1.82) is 0 Å². The molecular formula is C57H43N. The third-order valence-corrected chi connectivity index (χ3v) is 12.7. The van der Waals surface area contributed by atoms with Crippen LogP contribution in [0.2, 0.25) is 0 Å². The van der Waals surface area contributed by atoms with Gasteiger partial charge in [-0.2, -0.15) is 0 Å². The van der Waals surface area contributed by atoms with Crippen LogP contribution < -0.4 is 4.90 Å². The van der Waals surface area contributed by atoms with Gasteiger partial charge < -0.3 is 4.90 Å². The molecule has 0 unspecified atom stereocenters. The lowest BCUT2D eigenvalue weighted by atomic mass is 9.67. The fraction of sp³-hybridized carbons (Fsp3) is 0.0877. The zero-order valence-corrected chi connectivity index (χ0v) is 32.5. The summed E-state index contributed by atoms with van der Waals surface area (Å²) in [5.74, 6) is 0. The van der Waals surface area contributed by atoms with Crippen LogP contribution in [0.5, 0.6) is 0 Å². The Balaban J connectivity index is 1.27. The molecule has 1 nitrogen and oxygen atoms in total. The summed E-state index contributed by atoms with van der Waals surface area (Å²) in [6.45, 7) is 0. The van der Waals surface area contributed by atoms with Gasteiger partial charge in [-0.15, -0.1) is 0 Å². The molecule has 9 aromatic rings. The Morgan fingerprint density at radius 2 is 0.983 bits per heavy atom. The summed E-state index contributed by atoms with van der Waals surface area (Å²) in [6, 6.07) is 79.2. The Labute approximate surface area is 341 Å². The first kappa shape index (κ1) is 34.3. The maximum absolute atomic E-state index is 2.57. The van der Waals surface area contributed by atoms with Gasteiger partial charge in [-0.25, -0.2) is 0 Å². The zero-order chi connectivity index (χ0) is 38.5. The van der Waals surface area contributed by atoms with Gasteiger partial charge in [0.05, 0.1) is 16.8 Å². The molecule has 0 spiro atoms. The molecule has 0 bridgehead atoms. The van der Waals surface area contributed by atoms with E-state index in [1.165, 1.54) is 96.1 Å². The van der Waals surface area contributed by atoms with Gasteiger partial charge in [-0.1, -0.05) is 182 Å². The molecular weight excluding hydrogens is 699 g/mol. The number of anilines is 3. The van der Waals surface area contributed by atoms with E-state index in [0.29, 0.717) is 0 Å². The molecule has 0 amide bonds. The summed E-state index contributed by atoms with van der Waals surface area (Å²) < 4.78 is 0. The SMILES string of the molecule is c1ccc(-c2ccc(N(c3cc4c(cc3-c3cccc5c3CCCC5)-c3ccccc3C4(c3ccccc3)c3ccccc3)c3cccc4ccccc34)cc2)cc1. The molecule has 0 saturated heterocycles. The first-order chi connectivity index (χ1) is 28.8. The van der Waals surface area contributed by atoms with Crippen molar-refractivity contribution in [2.45, 2.75) is 31.1 Å². The minimum atomic E-state index is -0.528. The van der Waals surface area contributed by atoms with E-state index in [0.717, 1.165) is 24.2 Å². The summed E-state index contributed by atoms with van der Waals surface area (Å²) in [7, 11) is 0. The molecule has 11 rings (SSSR count). The van der Waals surface area contributed by atoms with E-state index in [1.807, 2.05) is 0 Å². The van der Waals surface area contributed by atoms with E-state index in [4.69, 9.17) is 0 Å². The molecule has 2 aliphatic rings. The van der Waals surface area contributed by atoms with Crippen molar-refractivity contribution < 1.29 is 0 Å². The second-order valence-electron chi connectivity index (χ2n) is 15.8. The predicted octanol–water partition coefficient (Wildman–Crippen LogP) is 14.9. The monoisotopic (exact) mass is 741 g/mol. The van der Waals surface area contributed by atoms with Gasteiger partial charge in [0.15, 0.2) is 0 Å². The van der Waals surface area contributed by atoms with Gasteiger partial charge in [-0.3, -0.25) is 0 Å². The second-order valence-corrected chi connectivity index (χ2v) is 15.8. The maximum atomic E-state index is 2.57. The van der Waals surface area contributed by atoms with E-state index in [-0.39, 0.29) is 0 Å². The Hall–Kier alpha value is -6.96. The highest BCUT2D eigenvalue weighted by molar-refractivity contribution is 6.03. The van der Waals surface area contributed by atoms with Gasteiger partial charge >= 0.3 is 0 Å². The van der Waals surface area contributed by atoms with Crippen LogP contribution in [0.15, 0.2) is 212 Å². The van der Waals surface area contributed by atoms with Crippen LogP contribution in [0.3, 0.4) is 0 Å². The summed E-state index contributed by atoms with van der Waals surface area (Å²) in [4.78, 5) is 2.55. The molecule has 0 fully saturated rings. The van der Waals surface area contributed by atoms with Gasteiger partial charge in [0.2, 0.25) is 0 Å². The average Bonchev–Trinajstić information content (AvgIpc) is 3.60. The molecule has 0 radical (unpaired) electrons. The second kappa shape index (κ2) is 14.2. The van der Waals surface area contributed by atoms with Crippen molar-refractivity contribution in [2.24, 2.45) is 0 Å². The first-order valence-electron chi connectivity index (χ1n) is 20.7. The molecule has 0 aliphatic heterocycles.